The molecule has 2 nitrogen and oxygen atoms in total. The van der Waals surface area contributed by atoms with Gasteiger partial charge in [0.05, 0.1) is 12.3 Å². The maximum atomic E-state index is 13.2. The van der Waals surface area contributed by atoms with E-state index in [0.29, 0.717) is 0 Å². The first-order valence-corrected chi connectivity index (χ1v) is 7.21. The predicted molar refractivity (Wildman–Crippen MR) is 77.4 cm³/mol. The van der Waals surface area contributed by atoms with E-state index in [9.17, 15) is 13.9 Å². The second-order valence-corrected chi connectivity index (χ2v) is 6.05. The second kappa shape index (κ2) is 5.58. The molecular weight excluding hydrogens is 280 g/mol. The molecule has 20 heavy (non-hydrogen) atoms. The van der Waals surface area contributed by atoms with Crippen LogP contribution in [0, 0.1) is 6.92 Å². The minimum atomic E-state index is -2.83. The molecule has 0 aliphatic carbocycles. The van der Waals surface area contributed by atoms with Crippen molar-refractivity contribution in [2.45, 2.75) is 32.6 Å². The van der Waals surface area contributed by atoms with E-state index in [1.807, 2.05) is 13.8 Å². The fraction of sp³-hybridized carbons (Fsp3) is 0.400. The van der Waals surface area contributed by atoms with Crippen LogP contribution in [0.4, 0.5) is 8.78 Å². The summed E-state index contributed by atoms with van der Waals surface area (Å²) >= 11 is 1.50. The van der Waals surface area contributed by atoms with Crippen molar-refractivity contribution >= 4 is 11.3 Å². The largest absolute Gasteiger partial charge is 0.396 e. The van der Waals surface area contributed by atoms with Gasteiger partial charge in [-0.1, -0.05) is 31.2 Å². The Morgan fingerprint density at radius 3 is 2.40 bits per heavy atom. The molecule has 1 unspecified atom stereocenters. The number of aromatic nitrogens is 1. The lowest BCUT2D eigenvalue weighted by Crippen LogP contribution is -2.06. The summed E-state index contributed by atoms with van der Waals surface area (Å²) in [6, 6.07) is 6.19. The number of hydrogen-bond acceptors (Lipinski definition) is 3. The molecule has 0 amide bonds. The molecule has 0 saturated heterocycles. The SMILES string of the molecule is Cc1nc(-c2ccc(C(C)(F)F)cc2)sc1C(C)CO. The highest BCUT2D eigenvalue weighted by Gasteiger charge is 2.24. The Balaban J connectivity index is 2.33. The van der Waals surface area contributed by atoms with E-state index in [2.05, 4.69) is 4.98 Å². The average molecular weight is 297 g/mol. The minimum Gasteiger partial charge on any atom is -0.396 e. The second-order valence-electron chi connectivity index (χ2n) is 5.02. The molecule has 2 rings (SSSR count). The van der Waals surface area contributed by atoms with Gasteiger partial charge in [-0.05, 0) is 6.92 Å². The summed E-state index contributed by atoms with van der Waals surface area (Å²) in [6.07, 6.45) is 0. The van der Waals surface area contributed by atoms with Crippen molar-refractivity contribution in [1.29, 1.82) is 0 Å². The number of rotatable bonds is 4. The van der Waals surface area contributed by atoms with Crippen molar-refractivity contribution in [1.82, 2.24) is 4.98 Å². The molecule has 108 valence electrons. The zero-order valence-corrected chi connectivity index (χ0v) is 12.5. The number of aliphatic hydroxyl groups is 1. The van der Waals surface area contributed by atoms with Gasteiger partial charge >= 0.3 is 0 Å². The molecule has 0 radical (unpaired) electrons. The molecule has 1 aromatic carbocycles. The van der Waals surface area contributed by atoms with Gasteiger partial charge in [-0.25, -0.2) is 13.8 Å². The number of aryl methyl sites for hydroxylation is 1. The Morgan fingerprint density at radius 2 is 1.90 bits per heavy atom. The van der Waals surface area contributed by atoms with Gasteiger partial charge in [-0.2, -0.15) is 0 Å². The first-order chi connectivity index (χ1) is 9.32. The lowest BCUT2D eigenvalue weighted by molar-refractivity contribution is 0.0175. The number of aliphatic hydroxyl groups excluding tert-OH is 1. The smallest absolute Gasteiger partial charge is 0.270 e. The maximum absolute atomic E-state index is 13.2. The summed E-state index contributed by atoms with van der Waals surface area (Å²) in [4.78, 5) is 5.50. The standard InChI is InChI=1S/C15H17F2NOS/c1-9(8-19)13-10(2)18-14(20-13)11-4-6-12(7-5-11)15(3,16)17/h4-7,9,19H,8H2,1-3H3. The highest BCUT2D eigenvalue weighted by molar-refractivity contribution is 7.15. The van der Waals surface area contributed by atoms with Gasteiger partial charge in [0, 0.05) is 28.8 Å². The third-order valence-corrected chi connectivity index (χ3v) is 4.63. The summed E-state index contributed by atoms with van der Waals surface area (Å²) in [5, 5.41) is 10.0. The van der Waals surface area contributed by atoms with Crippen LogP contribution in [0.2, 0.25) is 0 Å². The first-order valence-electron chi connectivity index (χ1n) is 6.40. The highest BCUT2D eigenvalue weighted by atomic mass is 32.1. The zero-order chi connectivity index (χ0) is 14.9. The predicted octanol–water partition coefficient (Wildman–Crippen LogP) is 4.33. The number of halogens is 2. The first kappa shape index (κ1) is 15.1. The summed E-state index contributed by atoms with van der Waals surface area (Å²) in [7, 11) is 0. The van der Waals surface area contributed by atoms with Crippen LogP contribution in [0.5, 0.6) is 0 Å². The number of nitrogens with zero attached hydrogens (tertiary/aromatic N) is 1. The number of hydrogen-bond donors (Lipinski definition) is 1. The molecule has 0 aliphatic heterocycles. The van der Waals surface area contributed by atoms with E-state index in [0.717, 1.165) is 28.1 Å². The summed E-state index contributed by atoms with van der Waals surface area (Å²) in [5.74, 6) is -2.78. The topological polar surface area (TPSA) is 33.1 Å². The van der Waals surface area contributed by atoms with Crippen molar-refractivity contribution in [3.8, 4) is 10.6 Å². The average Bonchev–Trinajstić information content (AvgIpc) is 2.79. The number of alkyl halides is 2. The Bertz CT molecular complexity index is 587. The Kier molecular flexibility index (Phi) is 4.20. The molecule has 0 fully saturated rings. The van der Waals surface area contributed by atoms with E-state index in [1.54, 1.807) is 12.1 Å². The molecule has 1 N–H and O–H groups in total. The van der Waals surface area contributed by atoms with E-state index in [1.165, 1.54) is 23.5 Å². The van der Waals surface area contributed by atoms with Crippen LogP contribution < -0.4 is 0 Å². The van der Waals surface area contributed by atoms with Gasteiger partial charge in [-0.15, -0.1) is 11.3 Å². The van der Waals surface area contributed by atoms with Crippen molar-refractivity contribution in [3.05, 3.63) is 40.4 Å². The van der Waals surface area contributed by atoms with Crippen LogP contribution >= 0.6 is 11.3 Å². The molecule has 0 saturated carbocycles. The number of thiazole rings is 1. The lowest BCUT2D eigenvalue weighted by atomic mass is 10.1. The van der Waals surface area contributed by atoms with Crippen LogP contribution in [-0.2, 0) is 5.92 Å². The Morgan fingerprint density at radius 1 is 1.30 bits per heavy atom. The van der Waals surface area contributed by atoms with Crippen molar-refractivity contribution < 1.29 is 13.9 Å². The third kappa shape index (κ3) is 3.04. The van der Waals surface area contributed by atoms with Gasteiger partial charge in [-0.3, -0.25) is 0 Å². The molecular formula is C15H17F2NOS. The van der Waals surface area contributed by atoms with Gasteiger partial charge < -0.3 is 5.11 Å². The van der Waals surface area contributed by atoms with Crippen molar-refractivity contribution in [2.24, 2.45) is 0 Å². The minimum absolute atomic E-state index is 0.00141. The van der Waals surface area contributed by atoms with Crippen LogP contribution in [0.1, 0.15) is 35.9 Å². The Labute approximate surface area is 121 Å². The van der Waals surface area contributed by atoms with Crippen molar-refractivity contribution in [3.63, 3.8) is 0 Å². The van der Waals surface area contributed by atoms with Gasteiger partial charge in [0.15, 0.2) is 0 Å². The quantitative estimate of drug-likeness (QED) is 0.911. The summed E-state index contributed by atoms with van der Waals surface area (Å²) in [5.41, 5.74) is 1.71. The molecule has 0 aliphatic rings. The monoisotopic (exact) mass is 297 g/mol. The van der Waals surface area contributed by atoms with Crippen LogP contribution in [0.3, 0.4) is 0 Å². The van der Waals surface area contributed by atoms with Gasteiger partial charge in [0.25, 0.3) is 5.92 Å². The molecule has 1 atom stereocenters. The van der Waals surface area contributed by atoms with E-state index in [-0.39, 0.29) is 18.1 Å². The molecule has 1 heterocycles. The maximum Gasteiger partial charge on any atom is 0.270 e. The van der Waals surface area contributed by atoms with Gasteiger partial charge in [0.2, 0.25) is 0 Å². The van der Waals surface area contributed by atoms with Crippen LogP contribution in [0.15, 0.2) is 24.3 Å². The summed E-state index contributed by atoms with van der Waals surface area (Å²) < 4.78 is 26.3. The van der Waals surface area contributed by atoms with E-state index < -0.39 is 5.92 Å². The third-order valence-electron chi connectivity index (χ3n) is 3.19. The van der Waals surface area contributed by atoms with Gasteiger partial charge in [0.1, 0.15) is 5.01 Å². The summed E-state index contributed by atoms with van der Waals surface area (Å²) in [6.45, 7) is 4.79. The fourth-order valence-corrected chi connectivity index (χ4v) is 3.09. The molecule has 1 aromatic heterocycles. The molecule has 0 spiro atoms. The number of benzene rings is 1. The van der Waals surface area contributed by atoms with E-state index >= 15 is 0 Å². The van der Waals surface area contributed by atoms with Crippen LogP contribution in [0.25, 0.3) is 10.6 Å². The van der Waals surface area contributed by atoms with Crippen LogP contribution in [-0.4, -0.2) is 16.7 Å². The molecule has 5 heteroatoms. The molecule has 2 aromatic rings. The highest BCUT2D eigenvalue weighted by Crippen LogP contribution is 2.34. The Hall–Kier alpha value is -1.33. The fourth-order valence-electron chi connectivity index (χ4n) is 1.98. The zero-order valence-electron chi connectivity index (χ0n) is 11.7. The van der Waals surface area contributed by atoms with E-state index in [4.69, 9.17) is 0 Å². The normalized spacial score (nSPS) is 13.5. The van der Waals surface area contributed by atoms with Crippen molar-refractivity contribution in [2.75, 3.05) is 6.61 Å². The molecule has 0 bridgehead atoms. The lowest BCUT2D eigenvalue weighted by Gasteiger charge is -2.10.